The lowest BCUT2D eigenvalue weighted by Gasteiger charge is -2.11. The summed E-state index contributed by atoms with van der Waals surface area (Å²) in [6.07, 6.45) is 1.16. The molecule has 24 heavy (non-hydrogen) atoms. The van der Waals surface area contributed by atoms with Crippen LogP contribution < -0.4 is 5.43 Å². The Labute approximate surface area is 145 Å². The first-order valence-corrected chi connectivity index (χ1v) is 8.33. The van der Waals surface area contributed by atoms with Crippen molar-refractivity contribution in [3.05, 3.63) is 53.6 Å². The zero-order valence-electron chi connectivity index (χ0n) is 13.3. The summed E-state index contributed by atoms with van der Waals surface area (Å²) in [5.74, 6) is -0.0237. The van der Waals surface area contributed by atoms with E-state index in [1.807, 2.05) is 6.07 Å². The molecule has 2 heterocycles. The molecule has 0 spiro atoms. The average Bonchev–Trinajstić information content (AvgIpc) is 2.98. The molecule has 5 heteroatoms. The van der Waals surface area contributed by atoms with Crippen molar-refractivity contribution in [3.63, 3.8) is 0 Å². The van der Waals surface area contributed by atoms with Gasteiger partial charge in [-0.3, -0.25) is 4.79 Å². The van der Waals surface area contributed by atoms with Gasteiger partial charge in [0.1, 0.15) is 0 Å². The molecule has 0 radical (unpaired) electrons. The number of hydrogen-bond donors (Lipinski definition) is 3. The van der Waals surface area contributed by atoms with Crippen LogP contribution in [0.15, 0.2) is 52.5 Å². The smallest absolute Gasteiger partial charge is 0.240 e. The molecule has 1 aliphatic heterocycles. The number of hydrogen-bond acceptors (Lipinski definition) is 3. The summed E-state index contributed by atoms with van der Waals surface area (Å²) in [4.78, 5) is 15.6. The van der Waals surface area contributed by atoms with Crippen LogP contribution >= 0.6 is 12.6 Å². The minimum Gasteiger partial charge on any atom is -0.354 e. The van der Waals surface area contributed by atoms with Crippen LogP contribution in [0, 0.1) is 6.92 Å². The minimum atomic E-state index is -0.0237. The maximum Gasteiger partial charge on any atom is 0.240 e. The number of fused-ring (bicyclic) bond motifs is 1. The van der Waals surface area contributed by atoms with E-state index in [4.69, 9.17) is 0 Å². The fourth-order valence-corrected chi connectivity index (χ4v) is 3.41. The first-order chi connectivity index (χ1) is 11.6. The summed E-state index contributed by atoms with van der Waals surface area (Å²) in [6.45, 7) is 2.06. The van der Waals surface area contributed by atoms with Gasteiger partial charge in [0.05, 0.1) is 5.71 Å². The van der Waals surface area contributed by atoms with E-state index in [-0.39, 0.29) is 5.91 Å². The fourth-order valence-electron chi connectivity index (χ4n) is 3.01. The molecular weight excluding hydrogens is 318 g/mol. The molecule has 1 amide bonds. The molecule has 0 atom stereocenters. The van der Waals surface area contributed by atoms with Crippen LogP contribution in [0.1, 0.15) is 24.0 Å². The Hall–Kier alpha value is -2.53. The summed E-state index contributed by atoms with van der Waals surface area (Å²) >= 11 is 4.59. The van der Waals surface area contributed by atoms with E-state index in [0.29, 0.717) is 12.8 Å². The van der Waals surface area contributed by atoms with Crippen LogP contribution in [0.4, 0.5) is 0 Å². The van der Waals surface area contributed by atoms with Gasteiger partial charge < -0.3 is 4.98 Å². The molecule has 0 saturated heterocycles. The predicted molar refractivity (Wildman–Crippen MR) is 99.6 cm³/mol. The first kappa shape index (κ1) is 15.0. The van der Waals surface area contributed by atoms with Gasteiger partial charge in [0.2, 0.25) is 5.91 Å². The largest absolute Gasteiger partial charge is 0.354 e. The number of nitrogens with zero attached hydrogens (tertiary/aromatic N) is 1. The quantitative estimate of drug-likeness (QED) is 0.608. The summed E-state index contributed by atoms with van der Waals surface area (Å²) in [7, 11) is 0. The van der Waals surface area contributed by atoms with E-state index in [1.54, 1.807) is 0 Å². The number of benzene rings is 2. The van der Waals surface area contributed by atoms with E-state index in [1.165, 1.54) is 5.56 Å². The van der Waals surface area contributed by atoms with Gasteiger partial charge in [-0.1, -0.05) is 18.2 Å². The van der Waals surface area contributed by atoms with Gasteiger partial charge in [0, 0.05) is 39.9 Å². The van der Waals surface area contributed by atoms with Crippen molar-refractivity contribution < 1.29 is 4.79 Å². The topological polar surface area (TPSA) is 57.2 Å². The number of aryl methyl sites for hydroxylation is 1. The van der Waals surface area contributed by atoms with Crippen molar-refractivity contribution in [2.75, 3.05) is 0 Å². The molecule has 1 aromatic heterocycles. The minimum absolute atomic E-state index is 0.0237. The number of aromatic amines is 1. The second-order valence-corrected chi connectivity index (χ2v) is 6.58. The number of nitrogens with one attached hydrogen (secondary N) is 2. The van der Waals surface area contributed by atoms with Crippen LogP contribution in [0.25, 0.3) is 22.2 Å². The molecule has 1 aliphatic rings. The number of rotatable bonds is 2. The molecule has 2 N–H and O–H groups in total. The van der Waals surface area contributed by atoms with Crippen molar-refractivity contribution in [2.45, 2.75) is 24.7 Å². The van der Waals surface area contributed by atoms with Gasteiger partial charge in [0.25, 0.3) is 0 Å². The lowest BCUT2D eigenvalue weighted by Crippen LogP contribution is -2.25. The van der Waals surface area contributed by atoms with Gasteiger partial charge in [0.15, 0.2) is 0 Å². The molecule has 120 valence electrons. The fraction of sp³-hybridized carbons (Fsp3) is 0.158. The Balaban J connectivity index is 1.75. The third-order valence-electron chi connectivity index (χ3n) is 4.30. The number of hydrazone groups is 1. The predicted octanol–water partition coefficient (Wildman–Crippen LogP) is 4.05. The number of aromatic nitrogens is 1. The van der Waals surface area contributed by atoms with Gasteiger partial charge in [-0.2, -0.15) is 5.10 Å². The van der Waals surface area contributed by atoms with Crippen molar-refractivity contribution in [3.8, 4) is 11.3 Å². The second-order valence-electron chi connectivity index (χ2n) is 6.10. The van der Waals surface area contributed by atoms with Gasteiger partial charge in [-0.15, -0.1) is 12.6 Å². The molecule has 4 rings (SSSR count). The summed E-state index contributed by atoms with van der Waals surface area (Å²) in [5.41, 5.74) is 8.92. The highest BCUT2D eigenvalue weighted by atomic mass is 32.1. The van der Waals surface area contributed by atoms with Gasteiger partial charge in [-0.25, -0.2) is 5.43 Å². The highest BCUT2D eigenvalue weighted by Crippen LogP contribution is 2.30. The Bertz CT molecular complexity index is 987. The van der Waals surface area contributed by atoms with Crippen LogP contribution in [-0.2, 0) is 4.79 Å². The lowest BCUT2D eigenvalue weighted by molar-refractivity contribution is -0.121. The van der Waals surface area contributed by atoms with Crippen LogP contribution in [0.2, 0.25) is 0 Å². The zero-order chi connectivity index (χ0) is 16.7. The number of thiol groups is 1. The number of H-pyrrole nitrogens is 1. The molecule has 4 nitrogen and oxygen atoms in total. The molecule has 0 unspecified atom stereocenters. The van der Waals surface area contributed by atoms with Gasteiger partial charge >= 0.3 is 0 Å². The van der Waals surface area contributed by atoms with Crippen LogP contribution in [0.5, 0.6) is 0 Å². The van der Waals surface area contributed by atoms with E-state index in [2.05, 4.69) is 71.5 Å². The molecule has 0 fully saturated rings. The van der Waals surface area contributed by atoms with E-state index in [0.717, 1.165) is 38.3 Å². The van der Waals surface area contributed by atoms with E-state index >= 15 is 0 Å². The summed E-state index contributed by atoms with van der Waals surface area (Å²) < 4.78 is 0. The zero-order valence-corrected chi connectivity index (χ0v) is 14.2. The lowest BCUT2D eigenvalue weighted by atomic mass is 10.0. The van der Waals surface area contributed by atoms with Crippen molar-refractivity contribution in [1.82, 2.24) is 10.4 Å². The molecule has 0 bridgehead atoms. The monoisotopic (exact) mass is 335 g/mol. The van der Waals surface area contributed by atoms with Gasteiger partial charge in [-0.05, 0) is 42.3 Å². The Morgan fingerprint density at radius 3 is 2.71 bits per heavy atom. The third kappa shape index (κ3) is 2.71. The highest BCUT2D eigenvalue weighted by Gasteiger charge is 2.14. The van der Waals surface area contributed by atoms with Crippen LogP contribution in [0.3, 0.4) is 0 Å². The van der Waals surface area contributed by atoms with E-state index < -0.39 is 0 Å². The Morgan fingerprint density at radius 2 is 1.96 bits per heavy atom. The summed E-state index contributed by atoms with van der Waals surface area (Å²) in [6, 6.07) is 14.6. The average molecular weight is 335 g/mol. The third-order valence-corrected chi connectivity index (χ3v) is 4.67. The van der Waals surface area contributed by atoms with Crippen molar-refractivity contribution in [2.24, 2.45) is 5.10 Å². The number of carbonyl (C=O) groups excluding carboxylic acids is 1. The Kier molecular flexibility index (Phi) is 3.65. The molecule has 0 aliphatic carbocycles. The molecule has 3 aromatic rings. The number of carbonyl (C=O) groups is 1. The standard InChI is InChI=1S/C19H17N3OS/c1-11-2-4-14(18(24)8-11)17-10-13-9-12(3-5-15(13)20-17)16-6-7-19(23)22-21-16/h2-5,8-10,20,24H,6-7H2,1H3,(H,22,23). The number of amides is 1. The summed E-state index contributed by atoms with van der Waals surface area (Å²) in [5, 5.41) is 5.29. The second kappa shape index (κ2) is 5.83. The first-order valence-electron chi connectivity index (χ1n) is 7.89. The highest BCUT2D eigenvalue weighted by molar-refractivity contribution is 7.80. The molecule has 2 aromatic carbocycles. The maximum absolute atomic E-state index is 11.2. The normalized spacial score (nSPS) is 14.6. The van der Waals surface area contributed by atoms with E-state index in [9.17, 15) is 4.79 Å². The maximum atomic E-state index is 11.2. The Morgan fingerprint density at radius 1 is 1.08 bits per heavy atom. The van der Waals surface area contributed by atoms with Crippen LogP contribution in [-0.4, -0.2) is 16.6 Å². The van der Waals surface area contributed by atoms with Crippen molar-refractivity contribution in [1.29, 1.82) is 0 Å². The van der Waals surface area contributed by atoms with Crippen molar-refractivity contribution >= 4 is 35.2 Å². The molecular formula is C19H17N3OS. The molecule has 0 saturated carbocycles. The SMILES string of the molecule is Cc1ccc(-c2cc3cc(C4=NNC(=O)CC4)ccc3[nH]2)c(S)c1.